The minimum absolute atomic E-state index is 0.154. The van der Waals surface area contributed by atoms with Crippen LogP contribution in [0.15, 0.2) is 71.8 Å². The Morgan fingerprint density at radius 2 is 1.81 bits per heavy atom. The molecular weight excluding hydrogens is 340 g/mol. The Kier molecular flexibility index (Phi) is 3.96. The molecule has 5 nitrogen and oxygen atoms in total. The van der Waals surface area contributed by atoms with Crippen LogP contribution in [0.5, 0.6) is 5.75 Å². The molecule has 0 bridgehead atoms. The molecule has 4 aromatic rings. The number of H-pyrrole nitrogens is 1. The number of benzene rings is 2. The van der Waals surface area contributed by atoms with Crippen LogP contribution in [0.25, 0.3) is 11.3 Å². The van der Waals surface area contributed by atoms with Crippen LogP contribution in [0.3, 0.4) is 0 Å². The summed E-state index contributed by atoms with van der Waals surface area (Å²) in [4.78, 5) is 15.7. The summed E-state index contributed by atoms with van der Waals surface area (Å²) in [5, 5.41) is 0. The van der Waals surface area contributed by atoms with E-state index in [0.717, 1.165) is 0 Å². The van der Waals surface area contributed by atoms with Gasteiger partial charge in [0.2, 0.25) is 0 Å². The van der Waals surface area contributed by atoms with E-state index in [0.29, 0.717) is 22.8 Å². The number of ether oxygens (including phenoxy) is 1. The first-order valence-corrected chi connectivity index (χ1v) is 7.89. The first kappa shape index (κ1) is 16.0. The normalized spacial score (nSPS) is 11.0. The van der Waals surface area contributed by atoms with Crippen molar-refractivity contribution < 1.29 is 18.5 Å². The SMILES string of the molecule is O=c1n(-c2ccc(F)cc2)ccc2[nH+]c(COc3cccc(F)c3)cn12. The second-order valence-corrected chi connectivity index (χ2v) is 5.73. The molecule has 0 unspecified atom stereocenters. The predicted molar refractivity (Wildman–Crippen MR) is 90.2 cm³/mol. The fourth-order valence-corrected chi connectivity index (χ4v) is 2.68. The van der Waals surface area contributed by atoms with E-state index in [1.165, 1.54) is 45.4 Å². The molecule has 7 heteroatoms. The van der Waals surface area contributed by atoms with E-state index < -0.39 is 0 Å². The van der Waals surface area contributed by atoms with Gasteiger partial charge in [-0.15, -0.1) is 4.40 Å². The topological polar surface area (TPSA) is 49.8 Å². The van der Waals surface area contributed by atoms with Crippen LogP contribution in [0.4, 0.5) is 8.78 Å². The van der Waals surface area contributed by atoms with E-state index in [4.69, 9.17) is 4.74 Å². The van der Waals surface area contributed by atoms with Gasteiger partial charge in [-0.05, 0) is 36.4 Å². The molecule has 0 spiro atoms. The Morgan fingerprint density at radius 3 is 2.58 bits per heavy atom. The first-order valence-electron chi connectivity index (χ1n) is 7.89. The van der Waals surface area contributed by atoms with Gasteiger partial charge in [0.15, 0.2) is 12.3 Å². The molecule has 0 saturated heterocycles. The van der Waals surface area contributed by atoms with Gasteiger partial charge in [0, 0.05) is 18.3 Å². The van der Waals surface area contributed by atoms with Crippen LogP contribution in [0.1, 0.15) is 5.69 Å². The molecule has 0 atom stereocenters. The van der Waals surface area contributed by atoms with E-state index >= 15 is 0 Å². The van der Waals surface area contributed by atoms with Crippen LogP contribution >= 0.6 is 0 Å². The number of hydrogen-bond donors (Lipinski definition) is 0. The lowest BCUT2D eigenvalue weighted by Gasteiger charge is -2.02. The van der Waals surface area contributed by atoms with Crippen molar-refractivity contribution in [1.82, 2.24) is 8.97 Å². The number of aromatic amines is 1. The number of nitrogens with one attached hydrogen (secondary N) is 1. The van der Waals surface area contributed by atoms with Crippen LogP contribution in [-0.4, -0.2) is 8.97 Å². The van der Waals surface area contributed by atoms with Gasteiger partial charge in [0.1, 0.15) is 23.6 Å². The number of aromatic nitrogens is 3. The van der Waals surface area contributed by atoms with Crippen molar-refractivity contribution in [3.05, 3.63) is 94.8 Å². The highest BCUT2D eigenvalue weighted by atomic mass is 19.1. The summed E-state index contributed by atoms with van der Waals surface area (Å²) in [6.07, 6.45) is 3.23. The first-order chi connectivity index (χ1) is 12.6. The Labute approximate surface area is 146 Å². The molecule has 0 aliphatic rings. The molecule has 2 aromatic heterocycles. The Morgan fingerprint density at radius 1 is 1.00 bits per heavy atom. The molecule has 4 rings (SSSR count). The van der Waals surface area contributed by atoms with Gasteiger partial charge >= 0.3 is 5.69 Å². The maximum atomic E-state index is 13.2. The standard InChI is InChI=1S/C19H13F2N3O2/c20-13-4-6-16(7-5-13)23-9-8-18-22-15(11-24(18)19(23)25)12-26-17-3-1-2-14(21)10-17/h1-11H,12H2/p+1. The van der Waals surface area contributed by atoms with Crippen molar-refractivity contribution in [1.29, 1.82) is 0 Å². The third kappa shape index (κ3) is 3.06. The maximum Gasteiger partial charge on any atom is 0.424 e. The van der Waals surface area contributed by atoms with E-state index in [9.17, 15) is 13.6 Å². The Balaban J connectivity index is 1.64. The molecule has 0 aliphatic carbocycles. The van der Waals surface area contributed by atoms with Gasteiger partial charge in [-0.25, -0.2) is 23.1 Å². The Hall–Kier alpha value is -3.48. The number of halogens is 2. The average Bonchev–Trinajstić information content (AvgIpc) is 3.06. The van der Waals surface area contributed by atoms with Gasteiger partial charge in [0.05, 0.1) is 5.69 Å². The summed E-state index contributed by atoms with van der Waals surface area (Å²) in [5.41, 5.74) is 1.50. The molecule has 2 aromatic carbocycles. The third-order valence-electron chi connectivity index (χ3n) is 3.92. The molecular formula is C19H14F2N3O2+. The molecule has 0 fully saturated rings. The molecule has 0 radical (unpaired) electrons. The van der Waals surface area contributed by atoms with E-state index in [1.807, 2.05) is 0 Å². The lowest BCUT2D eigenvalue weighted by Crippen LogP contribution is -2.25. The van der Waals surface area contributed by atoms with Gasteiger partial charge in [-0.2, -0.15) is 0 Å². The van der Waals surface area contributed by atoms with Gasteiger partial charge in [-0.1, -0.05) is 6.07 Å². The fraction of sp³-hybridized carbons (Fsp3) is 0.0526. The summed E-state index contributed by atoms with van der Waals surface area (Å²) in [7, 11) is 0. The molecule has 0 saturated carbocycles. The summed E-state index contributed by atoms with van der Waals surface area (Å²) in [6.45, 7) is 0.154. The minimum atomic E-state index is -0.379. The van der Waals surface area contributed by atoms with Crippen molar-refractivity contribution in [3.8, 4) is 11.4 Å². The third-order valence-corrected chi connectivity index (χ3v) is 3.92. The largest absolute Gasteiger partial charge is 0.485 e. The summed E-state index contributed by atoms with van der Waals surface area (Å²) in [5.74, 6) is -0.345. The monoisotopic (exact) mass is 354 g/mol. The maximum absolute atomic E-state index is 13.2. The van der Waals surface area contributed by atoms with Crippen LogP contribution in [0.2, 0.25) is 0 Å². The summed E-state index contributed by atoms with van der Waals surface area (Å²) in [6, 6.07) is 13.2. The molecule has 2 heterocycles. The smallest absolute Gasteiger partial charge is 0.424 e. The van der Waals surface area contributed by atoms with Gasteiger partial charge in [-0.3, -0.25) is 0 Å². The molecule has 130 valence electrons. The quantitative estimate of drug-likeness (QED) is 0.566. The lowest BCUT2D eigenvalue weighted by atomic mass is 10.3. The molecule has 0 aliphatic heterocycles. The second kappa shape index (κ2) is 6.44. The van der Waals surface area contributed by atoms with Crippen molar-refractivity contribution in [2.75, 3.05) is 0 Å². The summed E-state index contributed by atoms with van der Waals surface area (Å²) < 4.78 is 34.6. The fourth-order valence-electron chi connectivity index (χ4n) is 2.68. The number of imidazole rings is 1. The average molecular weight is 354 g/mol. The minimum Gasteiger partial charge on any atom is -0.485 e. The van der Waals surface area contributed by atoms with Crippen LogP contribution in [-0.2, 0) is 6.61 Å². The molecule has 1 N–H and O–H groups in total. The number of fused-ring (bicyclic) bond motifs is 1. The highest BCUT2D eigenvalue weighted by Crippen LogP contribution is 2.13. The second-order valence-electron chi connectivity index (χ2n) is 5.73. The van der Waals surface area contributed by atoms with Crippen LogP contribution in [0, 0.1) is 11.6 Å². The number of nitrogens with zero attached hydrogens (tertiary/aromatic N) is 2. The highest BCUT2D eigenvalue weighted by molar-refractivity contribution is 5.36. The lowest BCUT2D eigenvalue weighted by molar-refractivity contribution is -0.360. The van der Waals surface area contributed by atoms with E-state index in [2.05, 4.69) is 4.98 Å². The van der Waals surface area contributed by atoms with Gasteiger partial charge < -0.3 is 4.74 Å². The zero-order chi connectivity index (χ0) is 18.1. The van der Waals surface area contributed by atoms with Crippen molar-refractivity contribution in [3.63, 3.8) is 0 Å². The predicted octanol–water partition coefficient (Wildman–Crippen LogP) is 2.76. The number of rotatable bonds is 4. The zero-order valence-electron chi connectivity index (χ0n) is 13.5. The molecule has 26 heavy (non-hydrogen) atoms. The van der Waals surface area contributed by atoms with Crippen molar-refractivity contribution in [2.24, 2.45) is 0 Å². The van der Waals surface area contributed by atoms with E-state index in [-0.39, 0.29) is 23.9 Å². The highest BCUT2D eigenvalue weighted by Gasteiger charge is 2.15. The van der Waals surface area contributed by atoms with Crippen LogP contribution < -0.4 is 15.4 Å². The summed E-state index contributed by atoms with van der Waals surface area (Å²) >= 11 is 0. The van der Waals surface area contributed by atoms with Crippen molar-refractivity contribution >= 4 is 5.65 Å². The van der Waals surface area contributed by atoms with Gasteiger partial charge in [0.25, 0.3) is 5.65 Å². The van der Waals surface area contributed by atoms with E-state index in [1.54, 1.807) is 30.6 Å². The Bertz CT molecular complexity index is 1130. The molecule has 0 amide bonds. The zero-order valence-corrected chi connectivity index (χ0v) is 13.5. The van der Waals surface area contributed by atoms with Crippen molar-refractivity contribution in [2.45, 2.75) is 6.61 Å². The number of hydrogen-bond acceptors (Lipinski definition) is 2.